The third kappa shape index (κ3) is 2.62. The number of nitrogens with two attached hydrogens (primary N) is 1. The summed E-state index contributed by atoms with van der Waals surface area (Å²) in [5, 5.41) is 11.7. The van der Waals surface area contributed by atoms with Crippen LogP contribution in [-0.4, -0.2) is 16.1 Å². The second-order valence-corrected chi connectivity index (χ2v) is 3.98. The van der Waals surface area contributed by atoms with E-state index in [1.165, 1.54) is 18.2 Å². The molecule has 0 saturated heterocycles. The number of pyridine rings is 1. The first-order valence-corrected chi connectivity index (χ1v) is 5.51. The van der Waals surface area contributed by atoms with Crippen molar-refractivity contribution in [2.45, 2.75) is 6.92 Å². The summed E-state index contributed by atoms with van der Waals surface area (Å²) in [5.74, 6) is -1.33. The molecule has 0 aliphatic rings. The van der Waals surface area contributed by atoms with E-state index >= 15 is 0 Å². The van der Waals surface area contributed by atoms with Gasteiger partial charge in [-0.3, -0.25) is 0 Å². The van der Waals surface area contributed by atoms with Gasteiger partial charge in [0.2, 0.25) is 0 Å². The van der Waals surface area contributed by atoms with Gasteiger partial charge in [0, 0.05) is 11.3 Å². The van der Waals surface area contributed by atoms with Crippen molar-refractivity contribution in [2.75, 3.05) is 11.1 Å². The number of carbonyl (C=O) groups is 1. The minimum absolute atomic E-state index is 0.134. The molecule has 19 heavy (non-hydrogen) atoms. The maximum Gasteiger partial charge on any atom is 0.354 e. The van der Waals surface area contributed by atoms with Crippen molar-refractivity contribution in [3.8, 4) is 0 Å². The lowest BCUT2D eigenvalue weighted by Gasteiger charge is -2.11. The fraction of sp³-hybridized carbons (Fsp3) is 0.0769. The minimum atomic E-state index is -1.15. The lowest BCUT2D eigenvalue weighted by molar-refractivity contribution is 0.0690. The molecule has 0 aliphatic carbocycles. The van der Waals surface area contributed by atoms with Gasteiger partial charge in [-0.05, 0) is 31.2 Å². The minimum Gasteiger partial charge on any atom is -0.477 e. The van der Waals surface area contributed by atoms with E-state index in [-0.39, 0.29) is 23.0 Å². The van der Waals surface area contributed by atoms with Crippen molar-refractivity contribution in [1.29, 1.82) is 0 Å². The molecule has 4 N–H and O–H groups in total. The molecule has 0 atom stereocenters. The summed E-state index contributed by atoms with van der Waals surface area (Å²) in [7, 11) is 0. The quantitative estimate of drug-likeness (QED) is 0.790. The molecule has 0 bridgehead atoms. The van der Waals surface area contributed by atoms with Crippen LogP contribution < -0.4 is 11.1 Å². The topological polar surface area (TPSA) is 88.2 Å². The van der Waals surface area contributed by atoms with Crippen LogP contribution in [-0.2, 0) is 0 Å². The van der Waals surface area contributed by atoms with Gasteiger partial charge in [0.25, 0.3) is 0 Å². The summed E-state index contributed by atoms with van der Waals surface area (Å²) >= 11 is 0. The summed E-state index contributed by atoms with van der Waals surface area (Å²) in [6.07, 6.45) is 0. The van der Waals surface area contributed by atoms with Crippen LogP contribution in [0.3, 0.4) is 0 Å². The van der Waals surface area contributed by atoms with Crippen LogP contribution in [0.15, 0.2) is 30.3 Å². The third-order valence-electron chi connectivity index (χ3n) is 2.67. The maximum absolute atomic E-state index is 13.4. The average molecular weight is 261 g/mol. The smallest absolute Gasteiger partial charge is 0.354 e. The van der Waals surface area contributed by atoms with Gasteiger partial charge < -0.3 is 16.2 Å². The summed E-state index contributed by atoms with van der Waals surface area (Å²) < 4.78 is 13.4. The molecule has 1 aromatic heterocycles. The normalized spacial score (nSPS) is 10.2. The van der Waals surface area contributed by atoms with E-state index in [9.17, 15) is 9.18 Å². The van der Waals surface area contributed by atoms with Crippen LogP contribution in [0, 0.1) is 12.7 Å². The maximum atomic E-state index is 13.4. The average Bonchev–Trinajstić information content (AvgIpc) is 2.37. The highest BCUT2D eigenvalue weighted by Crippen LogP contribution is 2.25. The Labute approximate surface area is 108 Å². The van der Waals surface area contributed by atoms with Gasteiger partial charge in [-0.15, -0.1) is 0 Å². The lowest BCUT2D eigenvalue weighted by Crippen LogP contribution is -2.06. The molecule has 0 fully saturated rings. The first-order chi connectivity index (χ1) is 8.99. The number of hydrogen-bond donors (Lipinski definition) is 3. The van der Waals surface area contributed by atoms with E-state index in [4.69, 9.17) is 10.8 Å². The van der Waals surface area contributed by atoms with Crippen LogP contribution in [0.1, 0.15) is 16.1 Å². The van der Waals surface area contributed by atoms with Crippen molar-refractivity contribution < 1.29 is 14.3 Å². The number of aromatic carboxylic acids is 1. The molecule has 0 aliphatic heterocycles. The Kier molecular flexibility index (Phi) is 3.33. The zero-order valence-corrected chi connectivity index (χ0v) is 10.1. The molecule has 1 aromatic carbocycles. The van der Waals surface area contributed by atoms with Crippen LogP contribution in [0.5, 0.6) is 0 Å². The molecule has 0 radical (unpaired) electrons. The summed E-state index contributed by atoms with van der Waals surface area (Å²) in [6.45, 7) is 1.61. The van der Waals surface area contributed by atoms with Crippen molar-refractivity contribution >= 4 is 23.2 Å². The first kappa shape index (κ1) is 12.8. The second-order valence-electron chi connectivity index (χ2n) is 3.98. The Hall–Kier alpha value is -2.63. The molecule has 2 rings (SSSR count). The zero-order valence-electron chi connectivity index (χ0n) is 10.1. The Bertz CT molecular complexity index is 644. The van der Waals surface area contributed by atoms with Crippen LogP contribution >= 0.6 is 0 Å². The second kappa shape index (κ2) is 4.93. The summed E-state index contributed by atoms with van der Waals surface area (Å²) in [5.41, 5.74) is 6.76. The van der Waals surface area contributed by atoms with Gasteiger partial charge in [-0.2, -0.15) is 0 Å². The van der Waals surface area contributed by atoms with Crippen LogP contribution in [0.25, 0.3) is 0 Å². The van der Waals surface area contributed by atoms with Gasteiger partial charge >= 0.3 is 5.97 Å². The molecule has 2 aromatic rings. The first-order valence-electron chi connectivity index (χ1n) is 5.51. The van der Waals surface area contributed by atoms with E-state index in [1.807, 2.05) is 0 Å². The number of hydrogen-bond acceptors (Lipinski definition) is 4. The SMILES string of the molecule is Cc1c(F)cccc1Nc1nc(C(=O)O)ccc1N. The highest BCUT2D eigenvalue weighted by molar-refractivity contribution is 5.87. The largest absolute Gasteiger partial charge is 0.477 e. The van der Waals surface area contributed by atoms with Gasteiger partial charge in [-0.1, -0.05) is 6.07 Å². The fourth-order valence-corrected chi connectivity index (χ4v) is 1.56. The van der Waals surface area contributed by atoms with Crippen molar-refractivity contribution in [3.05, 3.63) is 47.4 Å². The van der Waals surface area contributed by atoms with E-state index in [2.05, 4.69) is 10.3 Å². The van der Waals surface area contributed by atoms with Crippen molar-refractivity contribution in [2.24, 2.45) is 0 Å². The van der Waals surface area contributed by atoms with Crippen LogP contribution in [0.2, 0.25) is 0 Å². The van der Waals surface area contributed by atoms with E-state index < -0.39 is 5.97 Å². The molecule has 0 amide bonds. The monoisotopic (exact) mass is 261 g/mol. The number of nitrogens with one attached hydrogen (secondary N) is 1. The van der Waals surface area contributed by atoms with Crippen molar-refractivity contribution in [1.82, 2.24) is 4.98 Å². The van der Waals surface area contributed by atoms with Crippen molar-refractivity contribution in [3.63, 3.8) is 0 Å². The fourth-order valence-electron chi connectivity index (χ4n) is 1.56. The van der Waals surface area contributed by atoms with E-state index in [1.54, 1.807) is 19.1 Å². The predicted octanol–water partition coefficient (Wildman–Crippen LogP) is 2.55. The standard InChI is InChI=1S/C13H12FN3O2/c1-7-8(14)3-2-4-10(7)16-12-9(15)5-6-11(17-12)13(18)19/h2-6H,15H2,1H3,(H,16,17)(H,18,19). The highest BCUT2D eigenvalue weighted by Gasteiger charge is 2.10. The molecular weight excluding hydrogens is 249 g/mol. The number of aromatic nitrogens is 1. The highest BCUT2D eigenvalue weighted by atomic mass is 19.1. The number of nitrogens with zero attached hydrogens (tertiary/aromatic N) is 1. The van der Waals surface area contributed by atoms with Gasteiger partial charge in [0.1, 0.15) is 5.82 Å². The van der Waals surface area contributed by atoms with E-state index in [0.717, 1.165) is 0 Å². The molecule has 1 heterocycles. The predicted molar refractivity (Wildman–Crippen MR) is 70.0 cm³/mol. The lowest BCUT2D eigenvalue weighted by atomic mass is 10.2. The number of rotatable bonds is 3. The number of halogens is 1. The van der Waals surface area contributed by atoms with Gasteiger partial charge in [0.05, 0.1) is 5.69 Å². The number of benzene rings is 1. The van der Waals surface area contributed by atoms with E-state index in [0.29, 0.717) is 11.3 Å². The Morgan fingerprint density at radius 3 is 2.79 bits per heavy atom. The molecule has 0 unspecified atom stereocenters. The number of nitrogen functional groups attached to an aromatic ring is 1. The summed E-state index contributed by atoms with van der Waals surface area (Å²) in [6, 6.07) is 7.29. The Morgan fingerprint density at radius 1 is 1.37 bits per heavy atom. The summed E-state index contributed by atoms with van der Waals surface area (Å²) in [4.78, 5) is 14.7. The molecule has 6 heteroatoms. The Balaban J connectivity index is 2.40. The van der Waals surface area contributed by atoms with Crippen LogP contribution in [0.4, 0.5) is 21.6 Å². The molecule has 98 valence electrons. The zero-order chi connectivity index (χ0) is 14.0. The van der Waals surface area contributed by atoms with Gasteiger partial charge in [-0.25, -0.2) is 14.2 Å². The molecule has 0 saturated carbocycles. The van der Waals surface area contributed by atoms with Gasteiger partial charge in [0.15, 0.2) is 11.5 Å². The third-order valence-corrected chi connectivity index (χ3v) is 2.67. The number of carboxylic acids is 1. The molecule has 0 spiro atoms. The number of carboxylic acid groups (broad SMARTS) is 1. The molecule has 5 nitrogen and oxygen atoms in total. The molecular formula is C13H12FN3O2. The number of anilines is 3. The Morgan fingerprint density at radius 2 is 2.11 bits per heavy atom.